The summed E-state index contributed by atoms with van der Waals surface area (Å²) in [6.07, 6.45) is 1.59. The molecular formula is C21H24N2O6S. The molecule has 0 unspecified atom stereocenters. The fraction of sp³-hybridized carbons (Fsp3) is 0.286. The van der Waals surface area contributed by atoms with Crippen LogP contribution >= 0.6 is 0 Å². The molecule has 0 aromatic heterocycles. The molecule has 9 heteroatoms. The van der Waals surface area contributed by atoms with Gasteiger partial charge in [0.1, 0.15) is 6.04 Å². The molecule has 2 amide bonds. The molecule has 0 spiro atoms. The number of nitrogens with zero attached hydrogens (tertiary/aromatic N) is 2. The van der Waals surface area contributed by atoms with E-state index in [9.17, 15) is 18.0 Å². The molecule has 30 heavy (non-hydrogen) atoms. The predicted molar refractivity (Wildman–Crippen MR) is 110 cm³/mol. The maximum absolute atomic E-state index is 12.7. The zero-order valence-electron chi connectivity index (χ0n) is 16.8. The lowest BCUT2D eigenvalue weighted by Crippen LogP contribution is -2.59. The molecule has 160 valence electrons. The third kappa shape index (κ3) is 5.90. The molecule has 1 atom stereocenters. The summed E-state index contributed by atoms with van der Waals surface area (Å²) < 4.78 is 23.2. The lowest BCUT2D eigenvalue weighted by atomic mass is 10.0. The van der Waals surface area contributed by atoms with E-state index in [4.69, 9.17) is 9.90 Å². The van der Waals surface area contributed by atoms with Crippen molar-refractivity contribution in [2.24, 2.45) is 0 Å². The summed E-state index contributed by atoms with van der Waals surface area (Å²) >= 11 is 0. The molecule has 1 heterocycles. The summed E-state index contributed by atoms with van der Waals surface area (Å²) in [6.45, 7) is 0.0610. The Bertz CT molecular complexity index is 990. The average molecular weight is 432 g/mol. The number of carbonyl (C=O) groups excluding carboxylic acids is 2. The van der Waals surface area contributed by atoms with E-state index in [1.165, 1.54) is 17.0 Å². The second-order valence-corrected chi connectivity index (χ2v) is 8.96. The molecule has 0 aliphatic carbocycles. The third-order valence-electron chi connectivity index (χ3n) is 4.71. The number of likely N-dealkylation sites (N-methyl/N-ethyl adjacent to an activating group) is 1. The lowest BCUT2D eigenvalue weighted by Gasteiger charge is -2.39. The van der Waals surface area contributed by atoms with Gasteiger partial charge >= 0.3 is 0 Å². The minimum atomic E-state index is -3.27. The quantitative estimate of drug-likeness (QED) is 0.711. The Kier molecular flexibility index (Phi) is 7.71. The molecule has 1 fully saturated rings. The number of amides is 2. The smallest absolute Gasteiger partial charge is 0.290 e. The summed E-state index contributed by atoms with van der Waals surface area (Å²) in [7, 11) is -1.64. The molecule has 2 aromatic carbocycles. The van der Waals surface area contributed by atoms with E-state index in [0.29, 0.717) is 6.42 Å². The van der Waals surface area contributed by atoms with E-state index >= 15 is 0 Å². The standard InChI is InChI=1S/C20H22N2O4S.CH2O2/c1-21-14-19(23)22(13-16-8-10-17(11-9-16)27(2,25)26)18(20(21)24)12-15-6-4-3-5-7-15;2-1-3/h3-11,18H,12-14H2,1-2H3;1H,(H,2,3)/t18-;/m0./s1. The highest BCUT2D eigenvalue weighted by atomic mass is 32.2. The zero-order chi connectivity index (χ0) is 22.3. The van der Waals surface area contributed by atoms with Crippen LogP contribution in [0.4, 0.5) is 0 Å². The Labute approximate surface area is 175 Å². The monoisotopic (exact) mass is 432 g/mol. The number of hydrogen-bond donors (Lipinski definition) is 1. The van der Waals surface area contributed by atoms with Gasteiger partial charge in [0.15, 0.2) is 9.84 Å². The van der Waals surface area contributed by atoms with Crippen LogP contribution in [0.5, 0.6) is 0 Å². The maximum Gasteiger partial charge on any atom is 0.290 e. The molecule has 0 bridgehead atoms. The van der Waals surface area contributed by atoms with Crippen molar-refractivity contribution in [2.75, 3.05) is 19.8 Å². The van der Waals surface area contributed by atoms with Crippen LogP contribution in [-0.2, 0) is 37.2 Å². The Hall–Kier alpha value is -3.20. The number of carbonyl (C=O) groups is 3. The molecule has 0 saturated carbocycles. The molecule has 8 nitrogen and oxygen atoms in total. The molecule has 2 aromatic rings. The van der Waals surface area contributed by atoms with Crippen LogP contribution in [0.2, 0.25) is 0 Å². The van der Waals surface area contributed by atoms with E-state index < -0.39 is 15.9 Å². The minimum absolute atomic E-state index is 0.0472. The molecule has 1 aliphatic heterocycles. The Morgan fingerprint density at radius 3 is 2.13 bits per heavy atom. The normalized spacial score (nSPS) is 16.7. The highest BCUT2D eigenvalue weighted by Gasteiger charge is 2.37. The van der Waals surface area contributed by atoms with E-state index in [0.717, 1.165) is 17.4 Å². The van der Waals surface area contributed by atoms with Gasteiger partial charge in [0, 0.05) is 26.3 Å². The van der Waals surface area contributed by atoms with Gasteiger partial charge in [0.05, 0.1) is 11.4 Å². The van der Waals surface area contributed by atoms with Gasteiger partial charge in [-0.25, -0.2) is 8.42 Å². The highest BCUT2D eigenvalue weighted by molar-refractivity contribution is 7.90. The second-order valence-electron chi connectivity index (χ2n) is 6.94. The second kappa shape index (κ2) is 10.0. The number of carboxylic acid groups (broad SMARTS) is 1. The molecular weight excluding hydrogens is 408 g/mol. The topological polar surface area (TPSA) is 112 Å². The summed E-state index contributed by atoms with van der Waals surface area (Å²) in [5.41, 5.74) is 1.77. The van der Waals surface area contributed by atoms with Crippen molar-refractivity contribution in [3.8, 4) is 0 Å². The van der Waals surface area contributed by atoms with Crippen LogP contribution in [0.15, 0.2) is 59.5 Å². The SMILES string of the molecule is CN1CC(=O)N(Cc2ccc(S(C)(=O)=O)cc2)[C@@H](Cc2ccccc2)C1=O.O=CO. The van der Waals surface area contributed by atoms with Crippen LogP contribution in [-0.4, -0.2) is 67.5 Å². The van der Waals surface area contributed by atoms with Crippen molar-refractivity contribution in [3.05, 3.63) is 65.7 Å². The van der Waals surface area contributed by atoms with Gasteiger partial charge in [-0.15, -0.1) is 0 Å². The Morgan fingerprint density at radius 2 is 1.60 bits per heavy atom. The van der Waals surface area contributed by atoms with Crippen molar-refractivity contribution in [1.82, 2.24) is 9.80 Å². The van der Waals surface area contributed by atoms with Gasteiger partial charge < -0.3 is 14.9 Å². The zero-order valence-corrected chi connectivity index (χ0v) is 17.6. The maximum atomic E-state index is 12.7. The van der Waals surface area contributed by atoms with Crippen molar-refractivity contribution in [1.29, 1.82) is 0 Å². The fourth-order valence-corrected chi connectivity index (χ4v) is 3.84. The van der Waals surface area contributed by atoms with Crippen LogP contribution in [0.25, 0.3) is 0 Å². The number of hydrogen-bond acceptors (Lipinski definition) is 5. The number of rotatable bonds is 5. The van der Waals surface area contributed by atoms with Crippen LogP contribution in [0.3, 0.4) is 0 Å². The van der Waals surface area contributed by atoms with Crippen LogP contribution in [0.1, 0.15) is 11.1 Å². The highest BCUT2D eigenvalue weighted by Crippen LogP contribution is 2.20. The first-order chi connectivity index (χ1) is 14.2. The van der Waals surface area contributed by atoms with Crippen LogP contribution in [0, 0.1) is 0 Å². The first-order valence-corrected chi connectivity index (χ1v) is 11.0. The number of benzene rings is 2. The summed E-state index contributed by atoms with van der Waals surface area (Å²) in [4.78, 5) is 37.0. The summed E-state index contributed by atoms with van der Waals surface area (Å²) in [5, 5.41) is 6.89. The molecule has 0 radical (unpaired) electrons. The molecule has 1 N–H and O–H groups in total. The molecule has 3 rings (SSSR count). The van der Waals surface area contributed by atoms with Gasteiger partial charge in [-0.2, -0.15) is 0 Å². The Balaban J connectivity index is 0.00000101. The lowest BCUT2D eigenvalue weighted by molar-refractivity contribution is -0.155. The third-order valence-corrected chi connectivity index (χ3v) is 5.84. The number of sulfone groups is 1. The van der Waals surface area contributed by atoms with Crippen molar-refractivity contribution >= 4 is 28.1 Å². The predicted octanol–water partition coefficient (Wildman–Crippen LogP) is 1.20. The number of piperazine rings is 1. The first kappa shape index (κ1) is 23.1. The molecule has 1 aliphatic rings. The fourth-order valence-electron chi connectivity index (χ4n) is 3.21. The van der Waals surface area contributed by atoms with E-state index in [1.54, 1.807) is 24.1 Å². The minimum Gasteiger partial charge on any atom is -0.483 e. The summed E-state index contributed by atoms with van der Waals surface area (Å²) in [5.74, 6) is -0.212. The largest absolute Gasteiger partial charge is 0.483 e. The van der Waals surface area contributed by atoms with Gasteiger partial charge in [0.2, 0.25) is 11.8 Å². The first-order valence-electron chi connectivity index (χ1n) is 9.12. The summed E-state index contributed by atoms with van der Waals surface area (Å²) in [6, 6.07) is 15.4. The Morgan fingerprint density at radius 1 is 1.03 bits per heavy atom. The van der Waals surface area contributed by atoms with Gasteiger partial charge in [-0.3, -0.25) is 14.4 Å². The molecule has 1 saturated heterocycles. The van der Waals surface area contributed by atoms with Gasteiger partial charge in [-0.1, -0.05) is 42.5 Å². The average Bonchev–Trinajstić information content (AvgIpc) is 2.70. The van der Waals surface area contributed by atoms with E-state index in [2.05, 4.69) is 0 Å². The van der Waals surface area contributed by atoms with Gasteiger partial charge in [-0.05, 0) is 23.3 Å². The van der Waals surface area contributed by atoms with E-state index in [-0.39, 0.29) is 36.3 Å². The van der Waals surface area contributed by atoms with Crippen molar-refractivity contribution < 1.29 is 27.9 Å². The van der Waals surface area contributed by atoms with E-state index in [1.807, 2.05) is 30.3 Å². The van der Waals surface area contributed by atoms with Crippen molar-refractivity contribution in [3.63, 3.8) is 0 Å². The van der Waals surface area contributed by atoms with Gasteiger partial charge in [0.25, 0.3) is 6.47 Å². The van der Waals surface area contributed by atoms with Crippen LogP contribution < -0.4 is 0 Å². The van der Waals surface area contributed by atoms with Crippen molar-refractivity contribution in [2.45, 2.75) is 23.9 Å².